The fourth-order valence-electron chi connectivity index (χ4n) is 8.29. The molecule has 0 amide bonds. The molecule has 0 saturated carbocycles. The highest BCUT2D eigenvalue weighted by atomic mass is 28.4. The summed E-state index contributed by atoms with van der Waals surface area (Å²) in [4.78, 5) is 53.5. The third kappa shape index (κ3) is 9.77. The molecule has 1 saturated heterocycles. The van der Waals surface area contributed by atoms with Gasteiger partial charge in [-0.05, 0) is 63.4 Å². The van der Waals surface area contributed by atoms with Crippen LogP contribution in [0.2, 0.25) is 36.3 Å². The summed E-state index contributed by atoms with van der Waals surface area (Å²) in [5.41, 5.74) is 1.99. The first-order chi connectivity index (χ1) is 30.9. The highest BCUT2D eigenvalue weighted by Gasteiger charge is 2.51. The minimum Gasteiger partial charge on any atom is -0.472 e. The molecule has 2 aliphatic rings. The molecule has 15 nitrogen and oxygen atoms in total. The minimum atomic E-state index is -2.27. The van der Waals surface area contributed by atoms with Gasteiger partial charge in [-0.1, -0.05) is 103 Å². The van der Waals surface area contributed by atoms with Gasteiger partial charge in [0.1, 0.15) is 18.9 Å². The van der Waals surface area contributed by atoms with Crippen LogP contribution < -0.4 is 10.1 Å². The third-order valence-electron chi connectivity index (χ3n) is 13.6. The minimum absolute atomic E-state index is 0.00419. The van der Waals surface area contributed by atoms with E-state index in [1.807, 2.05) is 53.1 Å². The molecule has 3 heterocycles. The van der Waals surface area contributed by atoms with Crippen molar-refractivity contribution < 1.29 is 46.9 Å². The van der Waals surface area contributed by atoms with Crippen molar-refractivity contribution >= 4 is 73.2 Å². The Balaban J connectivity index is 1.39. The number of nitrogens with zero attached hydrogens (tertiary/aromatic N) is 4. The molecular formula is C49H65N5O10Si2. The summed E-state index contributed by atoms with van der Waals surface area (Å²) in [5.74, 6) is -1.66. The lowest BCUT2D eigenvalue weighted by molar-refractivity contribution is -0.187. The Bertz CT molecular complexity index is 2650. The van der Waals surface area contributed by atoms with E-state index >= 15 is 0 Å². The van der Waals surface area contributed by atoms with Gasteiger partial charge in [0, 0.05) is 32.8 Å². The zero-order valence-corrected chi connectivity index (χ0v) is 42.5. The molecule has 354 valence electrons. The molecule has 1 fully saturated rings. The molecule has 66 heavy (non-hydrogen) atoms. The zero-order valence-electron chi connectivity index (χ0n) is 40.5. The lowest BCUT2D eigenvalue weighted by Gasteiger charge is -2.42. The molecule has 5 aromatic rings. The standard InChI is InChI=1S/C49H65N5O10Si2/c1-15-24-58-46-41-45(54(27-50-41)37-25-35(64-66(13,14)49(8,9)10)36(63-37)26-59-65(11,12)48(5,6)7)52-47(53-46)51-40-39-34(23-22-32-21-20-31-18-16-17-19-33(31)38(32)39)42(60-28(2)55)44(62-30(4)57)43(40)61-29(3)56/h15-23,27,35-37,40,42-44H,1,24-26H2,2-14H3,(H,51,52,53)/t35-,36+,37+,40+,42+,43+,44-/m0/s1. The summed E-state index contributed by atoms with van der Waals surface area (Å²) < 4.78 is 46.9. The topological polar surface area (TPSA) is 171 Å². The molecule has 17 heteroatoms. The lowest BCUT2D eigenvalue weighted by atomic mass is 9.77. The van der Waals surface area contributed by atoms with Crippen molar-refractivity contribution in [1.82, 2.24) is 19.5 Å². The molecule has 0 spiro atoms. The van der Waals surface area contributed by atoms with Crippen LogP contribution in [0.25, 0.3) is 32.7 Å². The fraction of sp³-hybridized carbons (Fsp3) is 0.510. The normalized spacial score (nSPS) is 22.5. The number of anilines is 1. The Hall–Kier alpha value is -5.21. The van der Waals surface area contributed by atoms with Gasteiger partial charge >= 0.3 is 17.9 Å². The van der Waals surface area contributed by atoms with Gasteiger partial charge in [0.2, 0.25) is 11.8 Å². The van der Waals surface area contributed by atoms with Crippen molar-refractivity contribution in [2.45, 2.75) is 148 Å². The molecule has 7 rings (SSSR count). The van der Waals surface area contributed by atoms with Crippen LogP contribution in [0.3, 0.4) is 0 Å². The summed E-state index contributed by atoms with van der Waals surface area (Å²) in [6, 6.07) is 14.7. The summed E-state index contributed by atoms with van der Waals surface area (Å²) >= 11 is 0. The predicted molar refractivity (Wildman–Crippen MR) is 258 cm³/mol. The number of esters is 3. The van der Waals surface area contributed by atoms with E-state index in [0.29, 0.717) is 35.3 Å². The highest BCUT2D eigenvalue weighted by Crippen LogP contribution is 2.49. The van der Waals surface area contributed by atoms with Crippen molar-refractivity contribution in [3.8, 4) is 5.88 Å². The van der Waals surface area contributed by atoms with Crippen LogP contribution in [0, 0.1) is 0 Å². The van der Waals surface area contributed by atoms with E-state index in [-0.39, 0.29) is 40.7 Å². The van der Waals surface area contributed by atoms with Gasteiger partial charge in [0.25, 0.3) is 0 Å². The van der Waals surface area contributed by atoms with Crippen molar-refractivity contribution in [3.05, 3.63) is 78.6 Å². The number of aromatic nitrogens is 4. The van der Waals surface area contributed by atoms with Crippen molar-refractivity contribution in [1.29, 1.82) is 0 Å². The highest BCUT2D eigenvalue weighted by molar-refractivity contribution is 6.74. The monoisotopic (exact) mass is 939 g/mol. The van der Waals surface area contributed by atoms with E-state index in [2.05, 4.69) is 79.6 Å². The van der Waals surface area contributed by atoms with Gasteiger partial charge in [-0.3, -0.25) is 19.0 Å². The number of benzene rings is 3. The predicted octanol–water partition coefficient (Wildman–Crippen LogP) is 10.0. The summed E-state index contributed by atoms with van der Waals surface area (Å²) in [6.45, 7) is 30.4. The number of carbonyl (C=O) groups excluding carboxylic acids is 3. The molecule has 0 unspecified atom stereocenters. The molecule has 1 aliphatic heterocycles. The molecular weight excluding hydrogens is 875 g/mol. The first-order valence-electron chi connectivity index (χ1n) is 22.6. The van der Waals surface area contributed by atoms with E-state index in [1.54, 1.807) is 12.4 Å². The largest absolute Gasteiger partial charge is 0.472 e. The maximum absolute atomic E-state index is 13.1. The number of imidazole rings is 1. The van der Waals surface area contributed by atoms with Crippen LogP contribution in [0.1, 0.15) is 98.2 Å². The van der Waals surface area contributed by atoms with E-state index in [1.165, 1.54) is 20.8 Å². The van der Waals surface area contributed by atoms with Crippen LogP contribution in [-0.4, -0.2) is 91.7 Å². The second kappa shape index (κ2) is 18.5. The number of carbonyl (C=O) groups is 3. The second-order valence-corrected chi connectivity index (χ2v) is 29.9. The van der Waals surface area contributed by atoms with Gasteiger partial charge in [0.15, 0.2) is 46.1 Å². The molecule has 1 aliphatic carbocycles. The molecule has 3 aromatic carbocycles. The van der Waals surface area contributed by atoms with Crippen LogP contribution in [0.15, 0.2) is 67.5 Å². The Kier molecular flexibility index (Phi) is 13.6. The Morgan fingerprint density at radius 3 is 2.14 bits per heavy atom. The van der Waals surface area contributed by atoms with Crippen molar-refractivity contribution in [2.75, 3.05) is 18.5 Å². The molecule has 0 bridgehead atoms. The quantitative estimate of drug-likeness (QED) is 0.0367. The first kappa shape index (κ1) is 48.7. The van der Waals surface area contributed by atoms with Crippen LogP contribution >= 0.6 is 0 Å². The second-order valence-electron chi connectivity index (χ2n) is 20.4. The zero-order chi connectivity index (χ0) is 48.1. The summed E-state index contributed by atoms with van der Waals surface area (Å²) in [6.07, 6.45) is -1.07. The average Bonchev–Trinajstić information content (AvgIpc) is 3.83. The van der Waals surface area contributed by atoms with Crippen molar-refractivity contribution in [2.24, 2.45) is 0 Å². The van der Waals surface area contributed by atoms with Crippen LogP contribution in [0.4, 0.5) is 5.95 Å². The number of ether oxygens (including phenoxy) is 5. The summed E-state index contributed by atoms with van der Waals surface area (Å²) in [7, 11) is -4.43. The number of hydrogen-bond acceptors (Lipinski definition) is 14. The molecule has 2 aromatic heterocycles. The number of hydrogen-bond donors (Lipinski definition) is 1. The van der Waals surface area contributed by atoms with Crippen LogP contribution in [0.5, 0.6) is 5.88 Å². The van der Waals surface area contributed by atoms with E-state index in [9.17, 15) is 14.4 Å². The van der Waals surface area contributed by atoms with E-state index in [4.69, 9.17) is 47.5 Å². The smallest absolute Gasteiger partial charge is 0.303 e. The van der Waals surface area contributed by atoms with Gasteiger partial charge in [-0.25, -0.2) is 4.98 Å². The maximum Gasteiger partial charge on any atom is 0.303 e. The molecule has 0 radical (unpaired) electrons. The number of fused-ring (bicyclic) bond motifs is 6. The van der Waals surface area contributed by atoms with Gasteiger partial charge in [-0.15, -0.1) is 0 Å². The first-order valence-corrected chi connectivity index (χ1v) is 28.4. The SMILES string of the molecule is C=CCOc1nc(N[C@@H]2c3c(ccc4ccc5ccccc5c34)[C@@H](OC(C)=O)[C@H](OC(C)=O)[C@@H]2OC(C)=O)nc2c1ncn2[C@H]1C[C@H](O[Si](C)(C)C(C)(C)C)[C@@H](CO[Si](C)(C)C(C)(C)C)O1. The van der Waals surface area contributed by atoms with Gasteiger partial charge in [-0.2, -0.15) is 9.97 Å². The van der Waals surface area contributed by atoms with Gasteiger partial charge < -0.3 is 37.9 Å². The average molecular weight is 940 g/mol. The maximum atomic E-state index is 13.1. The third-order valence-corrected chi connectivity index (χ3v) is 22.6. The van der Waals surface area contributed by atoms with E-state index < -0.39 is 65.1 Å². The van der Waals surface area contributed by atoms with Gasteiger partial charge in [0.05, 0.1) is 25.1 Å². The molecule has 7 atom stereocenters. The van der Waals surface area contributed by atoms with Crippen molar-refractivity contribution in [3.63, 3.8) is 0 Å². The van der Waals surface area contributed by atoms with Crippen LogP contribution in [-0.2, 0) is 42.2 Å². The Labute approximate surface area is 389 Å². The number of nitrogens with one attached hydrogen (secondary N) is 1. The lowest BCUT2D eigenvalue weighted by Crippen LogP contribution is -2.50. The number of rotatable bonds is 14. The fourth-order valence-corrected chi connectivity index (χ4v) is 10.7. The Morgan fingerprint density at radius 2 is 1.48 bits per heavy atom. The molecule has 1 N–H and O–H groups in total. The van der Waals surface area contributed by atoms with E-state index in [0.717, 1.165) is 21.5 Å². The Morgan fingerprint density at radius 1 is 0.848 bits per heavy atom. The summed E-state index contributed by atoms with van der Waals surface area (Å²) in [5, 5.41) is 6.99.